The molecule has 0 aliphatic carbocycles. The van der Waals surface area contributed by atoms with Crippen LogP contribution < -0.4 is 5.32 Å². The molecular formula is C14H15F3N2OS. The number of halogens is 3. The maximum atomic E-state index is 12.6. The molecule has 0 saturated carbocycles. The molecule has 114 valence electrons. The Morgan fingerprint density at radius 1 is 1.38 bits per heavy atom. The molecule has 0 radical (unpaired) electrons. The van der Waals surface area contributed by atoms with Crippen LogP contribution in [-0.2, 0) is 10.9 Å². The van der Waals surface area contributed by atoms with E-state index in [1.807, 2.05) is 0 Å². The lowest BCUT2D eigenvalue weighted by molar-refractivity contribution is -0.137. The maximum Gasteiger partial charge on any atom is 0.416 e. The molecule has 1 aliphatic heterocycles. The standard InChI is InChI=1S/C14H15F3N2OS/c15-14(16,17)10-1-2-12-11(7-10)19-13(21-12)18-5-3-9-4-6-20-8-9/h1-2,7,9H,3-6,8H2,(H,18,19). The molecule has 21 heavy (non-hydrogen) atoms. The monoisotopic (exact) mass is 316 g/mol. The van der Waals surface area contributed by atoms with E-state index in [0.717, 1.165) is 49.4 Å². The Morgan fingerprint density at radius 3 is 2.95 bits per heavy atom. The highest BCUT2D eigenvalue weighted by atomic mass is 32.1. The van der Waals surface area contributed by atoms with Crippen LogP contribution in [0.3, 0.4) is 0 Å². The zero-order valence-corrected chi connectivity index (χ0v) is 12.1. The smallest absolute Gasteiger partial charge is 0.381 e. The molecule has 1 saturated heterocycles. The van der Waals surface area contributed by atoms with Crippen LogP contribution in [0.25, 0.3) is 10.2 Å². The van der Waals surface area contributed by atoms with Crippen LogP contribution in [0.4, 0.5) is 18.3 Å². The molecule has 1 aromatic heterocycles. The largest absolute Gasteiger partial charge is 0.416 e. The van der Waals surface area contributed by atoms with Gasteiger partial charge in [-0.3, -0.25) is 0 Å². The van der Waals surface area contributed by atoms with Crippen molar-refractivity contribution in [1.29, 1.82) is 0 Å². The summed E-state index contributed by atoms with van der Waals surface area (Å²) in [6.07, 6.45) is -2.26. The summed E-state index contributed by atoms with van der Waals surface area (Å²) in [4.78, 5) is 4.23. The average molecular weight is 316 g/mol. The van der Waals surface area contributed by atoms with Crippen molar-refractivity contribution in [3.05, 3.63) is 23.8 Å². The van der Waals surface area contributed by atoms with Crippen molar-refractivity contribution in [1.82, 2.24) is 4.98 Å². The van der Waals surface area contributed by atoms with E-state index in [1.165, 1.54) is 17.4 Å². The summed E-state index contributed by atoms with van der Waals surface area (Å²) in [5, 5.41) is 3.86. The van der Waals surface area contributed by atoms with Gasteiger partial charge in [-0.25, -0.2) is 4.98 Å². The third kappa shape index (κ3) is 3.47. The molecule has 0 spiro atoms. The number of nitrogens with zero attached hydrogens (tertiary/aromatic N) is 1. The van der Waals surface area contributed by atoms with E-state index in [4.69, 9.17) is 4.74 Å². The van der Waals surface area contributed by atoms with Crippen LogP contribution in [0.15, 0.2) is 18.2 Å². The van der Waals surface area contributed by atoms with Gasteiger partial charge >= 0.3 is 6.18 Å². The van der Waals surface area contributed by atoms with Crippen molar-refractivity contribution < 1.29 is 17.9 Å². The van der Waals surface area contributed by atoms with Gasteiger partial charge in [-0.2, -0.15) is 13.2 Å². The Hall–Kier alpha value is -1.34. The van der Waals surface area contributed by atoms with E-state index in [2.05, 4.69) is 10.3 Å². The summed E-state index contributed by atoms with van der Waals surface area (Å²) < 4.78 is 44.0. The van der Waals surface area contributed by atoms with Crippen molar-refractivity contribution in [3.8, 4) is 0 Å². The zero-order chi connectivity index (χ0) is 14.9. The molecule has 1 unspecified atom stereocenters. The second-order valence-electron chi connectivity index (χ2n) is 5.14. The first-order valence-corrected chi connectivity index (χ1v) is 7.63. The second kappa shape index (κ2) is 5.81. The molecule has 0 bridgehead atoms. The zero-order valence-electron chi connectivity index (χ0n) is 11.2. The van der Waals surface area contributed by atoms with Gasteiger partial charge in [-0.1, -0.05) is 11.3 Å². The average Bonchev–Trinajstić information content (AvgIpc) is 3.05. The first-order valence-electron chi connectivity index (χ1n) is 6.82. The number of aromatic nitrogens is 1. The minimum atomic E-state index is -4.33. The van der Waals surface area contributed by atoms with Crippen molar-refractivity contribution in [3.63, 3.8) is 0 Å². The molecule has 1 fully saturated rings. The fourth-order valence-corrected chi connectivity index (χ4v) is 3.25. The Labute approximate surface area is 124 Å². The minimum absolute atomic E-state index is 0.390. The van der Waals surface area contributed by atoms with E-state index < -0.39 is 11.7 Å². The van der Waals surface area contributed by atoms with Crippen LogP contribution in [0.1, 0.15) is 18.4 Å². The van der Waals surface area contributed by atoms with E-state index >= 15 is 0 Å². The Morgan fingerprint density at radius 2 is 2.24 bits per heavy atom. The molecule has 7 heteroatoms. The van der Waals surface area contributed by atoms with Gasteiger partial charge in [0.2, 0.25) is 0 Å². The van der Waals surface area contributed by atoms with Crippen molar-refractivity contribution in [2.75, 3.05) is 25.1 Å². The van der Waals surface area contributed by atoms with E-state index in [0.29, 0.717) is 16.6 Å². The number of fused-ring (bicyclic) bond motifs is 1. The number of ether oxygens (including phenoxy) is 1. The predicted molar refractivity (Wildman–Crippen MR) is 76.7 cm³/mol. The van der Waals surface area contributed by atoms with Crippen molar-refractivity contribution in [2.45, 2.75) is 19.0 Å². The number of alkyl halides is 3. The summed E-state index contributed by atoms with van der Waals surface area (Å²) in [6, 6.07) is 3.67. The maximum absolute atomic E-state index is 12.6. The first kappa shape index (κ1) is 14.6. The highest BCUT2D eigenvalue weighted by molar-refractivity contribution is 7.22. The first-order chi connectivity index (χ1) is 10.0. The van der Waals surface area contributed by atoms with Gasteiger partial charge in [0, 0.05) is 19.8 Å². The number of anilines is 1. The Balaban J connectivity index is 1.66. The molecular weight excluding hydrogens is 301 g/mol. The van der Waals surface area contributed by atoms with Gasteiger partial charge < -0.3 is 10.1 Å². The number of nitrogens with one attached hydrogen (secondary N) is 1. The highest BCUT2D eigenvalue weighted by Crippen LogP contribution is 2.34. The minimum Gasteiger partial charge on any atom is -0.381 e. The van der Waals surface area contributed by atoms with Crippen LogP contribution in [0.5, 0.6) is 0 Å². The van der Waals surface area contributed by atoms with E-state index in [1.54, 1.807) is 0 Å². The summed E-state index contributed by atoms with van der Waals surface area (Å²) in [5.41, 5.74) is -0.267. The third-order valence-electron chi connectivity index (χ3n) is 3.57. The number of hydrogen-bond acceptors (Lipinski definition) is 4. The predicted octanol–water partition coefficient (Wildman–Crippen LogP) is 4.15. The van der Waals surface area contributed by atoms with Crippen LogP contribution in [-0.4, -0.2) is 24.7 Å². The number of benzene rings is 1. The molecule has 2 heterocycles. The number of thiazole rings is 1. The van der Waals surface area contributed by atoms with E-state index in [-0.39, 0.29) is 0 Å². The molecule has 3 nitrogen and oxygen atoms in total. The lowest BCUT2D eigenvalue weighted by Crippen LogP contribution is -2.08. The van der Waals surface area contributed by atoms with Gasteiger partial charge in [0.05, 0.1) is 15.8 Å². The van der Waals surface area contributed by atoms with Gasteiger partial charge in [-0.15, -0.1) is 0 Å². The van der Waals surface area contributed by atoms with Gasteiger partial charge in [-0.05, 0) is 37.0 Å². The number of hydrogen-bond donors (Lipinski definition) is 1. The summed E-state index contributed by atoms with van der Waals surface area (Å²) in [7, 11) is 0. The highest BCUT2D eigenvalue weighted by Gasteiger charge is 2.30. The molecule has 1 N–H and O–H groups in total. The fourth-order valence-electron chi connectivity index (χ4n) is 2.37. The SMILES string of the molecule is FC(F)(F)c1ccc2sc(NCCC3CCOC3)nc2c1. The normalized spacial score (nSPS) is 19.3. The van der Waals surface area contributed by atoms with Crippen molar-refractivity contribution in [2.24, 2.45) is 5.92 Å². The molecule has 1 aliphatic rings. The molecule has 2 aromatic rings. The van der Waals surface area contributed by atoms with Gasteiger partial charge in [0.15, 0.2) is 5.13 Å². The van der Waals surface area contributed by atoms with Gasteiger partial charge in [0.1, 0.15) is 0 Å². The summed E-state index contributed by atoms with van der Waals surface area (Å²) >= 11 is 1.38. The quantitative estimate of drug-likeness (QED) is 0.920. The Bertz CT molecular complexity index is 620. The van der Waals surface area contributed by atoms with Gasteiger partial charge in [0.25, 0.3) is 0 Å². The number of rotatable bonds is 4. The molecule has 1 aromatic carbocycles. The second-order valence-corrected chi connectivity index (χ2v) is 6.17. The third-order valence-corrected chi connectivity index (χ3v) is 4.56. The summed E-state index contributed by atoms with van der Waals surface area (Å²) in [5.74, 6) is 0.573. The topological polar surface area (TPSA) is 34.1 Å². The van der Waals surface area contributed by atoms with E-state index in [9.17, 15) is 13.2 Å². The van der Waals surface area contributed by atoms with Crippen LogP contribution in [0, 0.1) is 5.92 Å². The lowest BCUT2D eigenvalue weighted by atomic mass is 10.1. The molecule has 1 atom stereocenters. The fraction of sp³-hybridized carbons (Fsp3) is 0.500. The van der Waals surface area contributed by atoms with Crippen molar-refractivity contribution >= 4 is 26.7 Å². The lowest BCUT2D eigenvalue weighted by Gasteiger charge is -2.07. The Kier molecular flexibility index (Phi) is 4.03. The molecule has 3 rings (SSSR count). The van der Waals surface area contributed by atoms with Crippen LogP contribution >= 0.6 is 11.3 Å². The van der Waals surface area contributed by atoms with Crippen LogP contribution in [0.2, 0.25) is 0 Å². The molecule has 0 amide bonds. The summed E-state index contributed by atoms with van der Waals surface area (Å²) in [6.45, 7) is 2.39.